The van der Waals surface area contributed by atoms with Crippen molar-refractivity contribution in [2.24, 2.45) is 0 Å². The van der Waals surface area contributed by atoms with Crippen LogP contribution in [0.1, 0.15) is 15.9 Å². The topological polar surface area (TPSA) is 66.9 Å². The van der Waals surface area contributed by atoms with Crippen molar-refractivity contribution in [1.82, 2.24) is 9.97 Å². The van der Waals surface area contributed by atoms with Gasteiger partial charge in [-0.25, -0.2) is 4.98 Å². The van der Waals surface area contributed by atoms with Crippen LogP contribution in [-0.2, 0) is 0 Å². The molecule has 0 radical (unpaired) electrons. The molecule has 2 N–H and O–H groups in total. The highest BCUT2D eigenvalue weighted by atomic mass is 35.5. The van der Waals surface area contributed by atoms with Crippen molar-refractivity contribution in [2.45, 2.75) is 6.92 Å². The van der Waals surface area contributed by atoms with Crippen LogP contribution in [0.5, 0.6) is 0 Å². The minimum Gasteiger partial charge on any atom is -0.354 e. The van der Waals surface area contributed by atoms with Gasteiger partial charge in [-0.05, 0) is 55.0 Å². The molecule has 0 saturated heterocycles. The zero-order chi connectivity index (χ0) is 16.9. The van der Waals surface area contributed by atoms with Gasteiger partial charge in [-0.3, -0.25) is 9.78 Å². The van der Waals surface area contributed by atoms with Crippen molar-refractivity contribution < 1.29 is 4.79 Å². The minimum atomic E-state index is -0.246. The molecule has 0 spiro atoms. The lowest BCUT2D eigenvalue weighted by Crippen LogP contribution is -2.13. The van der Waals surface area contributed by atoms with Gasteiger partial charge in [0.1, 0.15) is 5.82 Å². The van der Waals surface area contributed by atoms with E-state index in [0.29, 0.717) is 16.4 Å². The quantitative estimate of drug-likeness (QED) is 0.738. The van der Waals surface area contributed by atoms with Crippen molar-refractivity contribution in [3.05, 3.63) is 77.2 Å². The summed E-state index contributed by atoms with van der Waals surface area (Å²) < 4.78 is 0. The number of hydrogen-bond donors (Lipinski definition) is 2. The third-order valence-corrected chi connectivity index (χ3v) is 3.63. The van der Waals surface area contributed by atoms with Crippen molar-refractivity contribution in [3.63, 3.8) is 0 Å². The molecule has 120 valence electrons. The first kappa shape index (κ1) is 16.0. The number of aromatic nitrogens is 2. The van der Waals surface area contributed by atoms with Crippen molar-refractivity contribution in [2.75, 3.05) is 10.6 Å². The molecule has 0 aliphatic heterocycles. The average Bonchev–Trinajstić information content (AvgIpc) is 2.60. The molecule has 0 unspecified atom stereocenters. The van der Waals surface area contributed by atoms with Gasteiger partial charge >= 0.3 is 0 Å². The van der Waals surface area contributed by atoms with Crippen LogP contribution in [0, 0.1) is 6.92 Å². The highest BCUT2D eigenvalue weighted by molar-refractivity contribution is 6.30. The second kappa shape index (κ2) is 7.10. The van der Waals surface area contributed by atoms with Gasteiger partial charge in [0.05, 0.1) is 17.4 Å². The van der Waals surface area contributed by atoms with Crippen LogP contribution in [-0.4, -0.2) is 15.9 Å². The minimum absolute atomic E-state index is 0.246. The number of rotatable bonds is 4. The molecule has 0 bridgehead atoms. The van der Waals surface area contributed by atoms with Gasteiger partial charge in [-0.2, -0.15) is 0 Å². The molecule has 1 aromatic carbocycles. The van der Waals surface area contributed by atoms with Crippen LogP contribution < -0.4 is 10.6 Å². The average molecular weight is 339 g/mol. The van der Waals surface area contributed by atoms with Gasteiger partial charge in [-0.1, -0.05) is 11.6 Å². The van der Waals surface area contributed by atoms with Gasteiger partial charge in [0.25, 0.3) is 5.91 Å². The lowest BCUT2D eigenvalue weighted by molar-refractivity contribution is 0.102. The standard InChI is InChI=1S/C18H15ClN4O/c1-12-9-14(19)4-6-16(12)22-15-5-7-17(21-11-15)23-18(24)13-3-2-8-20-10-13/h2-11,22H,1H3,(H,21,23,24). The van der Waals surface area contributed by atoms with E-state index in [-0.39, 0.29) is 5.91 Å². The number of aryl methyl sites for hydroxylation is 1. The number of nitrogens with zero attached hydrogens (tertiary/aromatic N) is 2. The summed E-state index contributed by atoms with van der Waals surface area (Å²) in [6.45, 7) is 1.98. The molecule has 6 heteroatoms. The first-order chi connectivity index (χ1) is 11.6. The normalized spacial score (nSPS) is 10.2. The summed E-state index contributed by atoms with van der Waals surface area (Å²) in [5.74, 6) is 0.229. The molecule has 2 heterocycles. The summed E-state index contributed by atoms with van der Waals surface area (Å²) in [6, 6.07) is 12.6. The Morgan fingerprint density at radius 2 is 2.00 bits per heavy atom. The molecule has 0 aliphatic rings. The molecule has 0 saturated carbocycles. The number of amides is 1. The largest absolute Gasteiger partial charge is 0.354 e. The number of pyridine rings is 2. The summed E-state index contributed by atoms with van der Waals surface area (Å²) in [6.07, 6.45) is 4.79. The van der Waals surface area contributed by atoms with E-state index >= 15 is 0 Å². The van der Waals surface area contributed by atoms with Crippen LogP contribution >= 0.6 is 11.6 Å². The Hall–Kier alpha value is -2.92. The first-order valence-corrected chi connectivity index (χ1v) is 7.70. The Bertz CT molecular complexity index is 851. The third-order valence-electron chi connectivity index (χ3n) is 3.40. The maximum Gasteiger partial charge on any atom is 0.258 e. The Morgan fingerprint density at radius 1 is 1.12 bits per heavy atom. The van der Waals surface area contributed by atoms with Crippen LogP contribution in [0.3, 0.4) is 0 Å². The summed E-state index contributed by atoms with van der Waals surface area (Å²) in [4.78, 5) is 20.2. The van der Waals surface area contributed by atoms with Crippen molar-refractivity contribution in [1.29, 1.82) is 0 Å². The smallest absolute Gasteiger partial charge is 0.258 e. The summed E-state index contributed by atoms with van der Waals surface area (Å²) in [5.41, 5.74) is 3.29. The SMILES string of the molecule is Cc1cc(Cl)ccc1Nc1ccc(NC(=O)c2cccnc2)nc1. The van der Waals surface area contributed by atoms with Gasteiger partial charge in [0, 0.05) is 23.1 Å². The van der Waals surface area contributed by atoms with E-state index in [4.69, 9.17) is 11.6 Å². The summed E-state index contributed by atoms with van der Waals surface area (Å²) in [5, 5.41) is 6.70. The lowest BCUT2D eigenvalue weighted by Gasteiger charge is -2.10. The van der Waals surface area contributed by atoms with Gasteiger partial charge in [0.15, 0.2) is 0 Å². The van der Waals surface area contributed by atoms with E-state index in [1.807, 2.05) is 31.2 Å². The summed E-state index contributed by atoms with van der Waals surface area (Å²) >= 11 is 5.95. The lowest BCUT2D eigenvalue weighted by atomic mass is 10.2. The van der Waals surface area contributed by atoms with Crippen LogP contribution in [0.15, 0.2) is 61.1 Å². The predicted molar refractivity (Wildman–Crippen MR) is 95.9 cm³/mol. The van der Waals surface area contributed by atoms with E-state index in [1.165, 1.54) is 6.20 Å². The molecular formula is C18H15ClN4O. The number of nitrogens with one attached hydrogen (secondary N) is 2. The molecule has 0 fully saturated rings. The van der Waals surface area contributed by atoms with Crippen LogP contribution in [0.2, 0.25) is 5.02 Å². The molecule has 3 aromatic rings. The third kappa shape index (κ3) is 3.88. The van der Waals surface area contributed by atoms with E-state index < -0.39 is 0 Å². The van der Waals surface area contributed by atoms with Crippen molar-refractivity contribution in [3.8, 4) is 0 Å². The number of benzene rings is 1. The number of hydrogen-bond acceptors (Lipinski definition) is 4. The fourth-order valence-corrected chi connectivity index (χ4v) is 2.38. The number of carbonyl (C=O) groups is 1. The Balaban J connectivity index is 1.68. The van der Waals surface area contributed by atoms with E-state index in [9.17, 15) is 4.79 Å². The Morgan fingerprint density at radius 3 is 2.67 bits per heavy atom. The van der Waals surface area contributed by atoms with Gasteiger partial charge in [0.2, 0.25) is 0 Å². The number of carbonyl (C=O) groups excluding carboxylic acids is 1. The molecule has 0 atom stereocenters. The van der Waals surface area contributed by atoms with Gasteiger partial charge < -0.3 is 10.6 Å². The molecule has 1 amide bonds. The van der Waals surface area contributed by atoms with Crippen LogP contribution in [0.4, 0.5) is 17.2 Å². The van der Waals surface area contributed by atoms with E-state index in [1.54, 1.807) is 30.6 Å². The fraction of sp³-hybridized carbons (Fsp3) is 0.0556. The van der Waals surface area contributed by atoms with Crippen LogP contribution in [0.25, 0.3) is 0 Å². The van der Waals surface area contributed by atoms with Gasteiger partial charge in [-0.15, -0.1) is 0 Å². The van der Waals surface area contributed by atoms with E-state index in [2.05, 4.69) is 20.6 Å². The monoisotopic (exact) mass is 338 g/mol. The number of anilines is 3. The molecule has 2 aromatic heterocycles. The maximum absolute atomic E-state index is 12.0. The molecule has 0 aliphatic carbocycles. The molecule has 5 nitrogen and oxygen atoms in total. The fourth-order valence-electron chi connectivity index (χ4n) is 2.15. The summed E-state index contributed by atoms with van der Waals surface area (Å²) in [7, 11) is 0. The Labute approximate surface area is 144 Å². The number of halogens is 1. The second-order valence-corrected chi connectivity index (χ2v) is 5.65. The Kier molecular flexibility index (Phi) is 4.72. The molecule has 3 rings (SSSR count). The highest BCUT2D eigenvalue weighted by Crippen LogP contribution is 2.23. The van der Waals surface area contributed by atoms with Crippen molar-refractivity contribution >= 4 is 34.7 Å². The molecule has 24 heavy (non-hydrogen) atoms. The predicted octanol–water partition coefficient (Wildman–Crippen LogP) is 4.43. The zero-order valence-electron chi connectivity index (χ0n) is 13.0. The second-order valence-electron chi connectivity index (χ2n) is 5.21. The zero-order valence-corrected chi connectivity index (χ0v) is 13.7. The molecular weight excluding hydrogens is 324 g/mol. The highest BCUT2D eigenvalue weighted by Gasteiger charge is 2.07. The maximum atomic E-state index is 12.0. The van der Waals surface area contributed by atoms with E-state index in [0.717, 1.165) is 16.9 Å². The first-order valence-electron chi connectivity index (χ1n) is 7.32.